The van der Waals surface area contributed by atoms with Gasteiger partial charge < -0.3 is 14.2 Å². The van der Waals surface area contributed by atoms with Gasteiger partial charge in [0.25, 0.3) is 6.10 Å². The zero-order valence-corrected chi connectivity index (χ0v) is 15.7. The molecule has 2 rings (SSSR count). The zero-order chi connectivity index (χ0) is 20.7. The van der Waals surface area contributed by atoms with E-state index in [9.17, 15) is 18.8 Å². The highest BCUT2D eigenvalue weighted by Crippen LogP contribution is 2.24. The second-order valence-corrected chi connectivity index (χ2v) is 5.65. The van der Waals surface area contributed by atoms with Gasteiger partial charge in [-0.05, 0) is 57.2 Å². The van der Waals surface area contributed by atoms with Crippen molar-refractivity contribution in [1.82, 2.24) is 4.98 Å². The van der Waals surface area contributed by atoms with E-state index in [4.69, 9.17) is 14.2 Å². The molecular weight excluding hydrogens is 369 g/mol. The third-order valence-corrected chi connectivity index (χ3v) is 3.60. The third-order valence-electron chi connectivity index (χ3n) is 3.60. The maximum absolute atomic E-state index is 13.2. The lowest BCUT2D eigenvalue weighted by atomic mass is 10.1. The lowest BCUT2D eigenvalue weighted by Gasteiger charge is -2.16. The average Bonchev–Trinajstić information content (AvgIpc) is 2.66. The van der Waals surface area contributed by atoms with Crippen LogP contribution in [0.1, 0.15) is 29.9 Å². The molecule has 28 heavy (non-hydrogen) atoms. The number of benzene rings is 1. The number of esters is 3. The number of ether oxygens (including phenoxy) is 3. The smallest absolute Gasteiger partial charge is 0.359 e. The van der Waals surface area contributed by atoms with Crippen LogP contribution in [0.25, 0.3) is 11.3 Å². The maximum Gasteiger partial charge on any atom is 0.359 e. The maximum atomic E-state index is 13.2. The molecule has 0 radical (unpaired) electrons. The van der Waals surface area contributed by atoms with Gasteiger partial charge in [-0.2, -0.15) is 0 Å². The lowest BCUT2D eigenvalue weighted by Crippen LogP contribution is -2.38. The van der Waals surface area contributed by atoms with E-state index in [1.807, 2.05) is 0 Å². The highest BCUT2D eigenvalue weighted by Gasteiger charge is 2.34. The van der Waals surface area contributed by atoms with E-state index in [1.54, 1.807) is 26.8 Å². The van der Waals surface area contributed by atoms with Crippen molar-refractivity contribution >= 4 is 17.9 Å². The summed E-state index contributed by atoms with van der Waals surface area (Å²) in [6.07, 6.45) is -1.85. The van der Waals surface area contributed by atoms with Crippen molar-refractivity contribution in [2.24, 2.45) is 0 Å². The van der Waals surface area contributed by atoms with Crippen molar-refractivity contribution in [2.75, 3.05) is 13.2 Å². The molecule has 1 heterocycles. The highest BCUT2D eigenvalue weighted by molar-refractivity contribution is 6.03. The predicted molar refractivity (Wildman–Crippen MR) is 96.8 cm³/mol. The van der Waals surface area contributed by atoms with Crippen LogP contribution in [0.3, 0.4) is 0 Å². The number of rotatable bonds is 7. The molecule has 148 valence electrons. The minimum atomic E-state index is -1.85. The molecule has 0 bridgehead atoms. The standard InChI is InChI=1S/C20H20FNO6/c1-4-26-19(24)17(20(25)27-5-2)28-18(23)15-11-6-12(3)22-16(15)13-7-9-14(21)10-8-13/h6-11,17H,4-5H2,1-3H3. The normalized spacial score (nSPS) is 10.5. The van der Waals surface area contributed by atoms with Crippen LogP contribution in [0.4, 0.5) is 4.39 Å². The van der Waals surface area contributed by atoms with Crippen molar-refractivity contribution < 1.29 is 33.0 Å². The second-order valence-electron chi connectivity index (χ2n) is 5.65. The molecule has 0 aliphatic rings. The van der Waals surface area contributed by atoms with Crippen LogP contribution in [-0.2, 0) is 23.8 Å². The fraction of sp³-hybridized carbons (Fsp3) is 0.300. The van der Waals surface area contributed by atoms with Gasteiger partial charge in [0.15, 0.2) is 0 Å². The summed E-state index contributed by atoms with van der Waals surface area (Å²) in [5.41, 5.74) is 1.33. The van der Waals surface area contributed by atoms with Gasteiger partial charge in [-0.3, -0.25) is 4.98 Å². The number of halogens is 1. The van der Waals surface area contributed by atoms with E-state index in [0.29, 0.717) is 11.3 Å². The Balaban J connectivity index is 2.37. The minimum Gasteiger partial charge on any atom is -0.463 e. The summed E-state index contributed by atoms with van der Waals surface area (Å²) < 4.78 is 27.9. The van der Waals surface area contributed by atoms with E-state index in [0.717, 1.165) is 0 Å². The summed E-state index contributed by atoms with van der Waals surface area (Å²) in [6, 6.07) is 8.41. The summed E-state index contributed by atoms with van der Waals surface area (Å²) in [6.45, 7) is 4.83. The SMILES string of the molecule is CCOC(=O)C(OC(=O)c1ccc(C)nc1-c1ccc(F)cc1)C(=O)OCC. The minimum absolute atomic E-state index is 0.000788. The van der Waals surface area contributed by atoms with Crippen molar-refractivity contribution in [1.29, 1.82) is 0 Å². The van der Waals surface area contributed by atoms with E-state index >= 15 is 0 Å². The molecule has 0 N–H and O–H groups in total. The van der Waals surface area contributed by atoms with Crippen molar-refractivity contribution in [3.63, 3.8) is 0 Å². The first-order chi connectivity index (χ1) is 13.4. The fourth-order valence-electron chi connectivity index (χ4n) is 2.35. The molecular formula is C20H20FNO6. The number of carbonyl (C=O) groups excluding carboxylic acids is 3. The van der Waals surface area contributed by atoms with Gasteiger partial charge in [0.05, 0.1) is 24.5 Å². The molecule has 0 fully saturated rings. The van der Waals surface area contributed by atoms with Crippen molar-refractivity contribution in [3.05, 3.63) is 53.5 Å². The molecule has 8 heteroatoms. The van der Waals surface area contributed by atoms with Gasteiger partial charge in [0.1, 0.15) is 5.82 Å². The first-order valence-corrected chi connectivity index (χ1v) is 8.65. The Morgan fingerprint density at radius 2 is 1.54 bits per heavy atom. The van der Waals surface area contributed by atoms with E-state index in [2.05, 4.69) is 4.98 Å². The molecule has 7 nitrogen and oxygen atoms in total. The van der Waals surface area contributed by atoms with Crippen LogP contribution in [0.5, 0.6) is 0 Å². The largest absolute Gasteiger partial charge is 0.463 e. The number of aryl methyl sites for hydroxylation is 1. The topological polar surface area (TPSA) is 91.8 Å². The average molecular weight is 389 g/mol. The Kier molecular flexibility index (Phi) is 7.20. The Morgan fingerprint density at radius 3 is 2.07 bits per heavy atom. The van der Waals surface area contributed by atoms with Gasteiger partial charge in [0, 0.05) is 11.3 Å². The summed E-state index contributed by atoms with van der Waals surface area (Å²) in [4.78, 5) is 41.0. The van der Waals surface area contributed by atoms with Crippen LogP contribution >= 0.6 is 0 Å². The second kappa shape index (κ2) is 9.59. The molecule has 0 saturated carbocycles. The van der Waals surface area contributed by atoms with Crippen LogP contribution in [0.2, 0.25) is 0 Å². The van der Waals surface area contributed by atoms with Gasteiger partial charge in [-0.1, -0.05) is 0 Å². The quantitative estimate of drug-likeness (QED) is 0.408. The van der Waals surface area contributed by atoms with Crippen LogP contribution < -0.4 is 0 Å². The molecule has 0 amide bonds. The Bertz CT molecular complexity index is 847. The van der Waals surface area contributed by atoms with Crippen LogP contribution in [0.15, 0.2) is 36.4 Å². The Hall–Kier alpha value is -3.29. The van der Waals surface area contributed by atoms with Crippen molar-refractivity contribution in [3.8, 4) is 11.3 Å². The molecule has 0 atom stereocenters. The number of hydrogen-bond acceptors (Lipinski definition) is 7. The number of hydrogen-bond donors (Lipinski definition) is 0. The zero-order valence-electron chi connectivity index (χ0n) is 15.7. The summed E-state index contributed by atoms with van der Waals surface area (Å²) in [7, 11) is 0. The van der Waals surface area contributed by atoms with Crippen molar-refractivity contribution in [2.45, 2.75) is 26.9 Å². The molecule has 0 saturated heterocycles. The number of aromatic nitrogens is 1. The number of nitrogens with zero attached hydrogens (tertiary/aromatic N) is 1. The third kappa shape index (κ3) is 5.12. The summed E-state index contributed by atoms with van der Waals surface area (Å²) >= 11 is 0. The number of carbonyl (C=O) groups is 3. The van der Waals surface area contributed by atoms with Crippen LogP contribution in [0, 0.1) is 12.7 Å². The molecule has 0 aliphatic carbocycles. The molecule has 2 aromatic rings. The Labute approximate surface area is 161 Å². The predicted octanol–water partition coefficient (Wildman–Crippen LogP) is 2.85. The van der Waals surface area contributed by atoms with E-state index in [1.165, 1.54) is 30.3 Å². The first kappa shape index (κ1) is 21.0. The first-order valence-electron chi connectivity index (χ1n) is 8.65. The highest BCUT2D eigenvalue weighted by atomic mass is 19.1. The van der Waals surface area contributed by atoms with Gasteiger partial charge in [-0.15, -0.1) is 0 Å². The lowest BCUT2D eigenvalue weighted by molar-refractivity contribution is -0.168. The molecule has 0 spiro atoms. The summed E-state index contributed by atoms with van der Waals surface area (Å²) in [5, 5.41) is 0. The van der Waals surface area contributed by atoms with Gasteiger partial charge in [0.2, 0.25) is 0 Å². The Morgan fingerprint density at radius 1 is 0.964 bits per heavy atom. The molecule has 1 aromatic carbocycles. The van der Waals surface area contributed by atoms with Gasteiger partial charge >= 0.3 is 17.9 Å². The van der Waals surface area contributed by atoms with E-state index < -0.39 is 29.8 Å². The van der Waals surface area contributed by atoms with Gasteiger partial charge in [-0.25, -0.2) is 18.8 Å². The van der Waals surface area contributed by atoms with E-state index in [-0.39, 0.29) is 24.5 Å². The number of pyridine rings is 1. The van der Waals surface area contributed by atoms with Crippen LogP contribution in [-0.4, -0.2) is 42.2 Å². The summed E-state index contributed by atoms with van der Waals surface area (Å²) in [5.74, 6) is -3.46. The molecule has 0 aliphatic heterocycles. The molecule has 0 unspecified atom stereocenters. The monoisotopic (exact) mass is 389 g/mol. The molecule has 1 aromatic heterocycles. The fourth-order valence-corrected chi connectivity index (χ4v) is 2.35.